The highest BCUT2D eigenvalue weighted by molar-refractivity contribution is 14.1. The molecule has 1 aromatic heterocycles. The molecule has 5 heteroatoms. The van der Waals surface area contributed by atoms with Crippen LogP contribution in [0.15, 0.2) is 54.9 Å². The van der Waals surface area contributed by atoms with Gasteiger partial charge in [0.25, 0.3) is 0 Å². The van der Waals surface area contributed by atoms with Crippen LogP contribution in [0.4, 0.5) is 0 Å². The molecular formula is C16H11Cl2IN2. The summed E-state index contributed by atoms with van der Waals surface area (Å²) in [6.45, 7) is 0.664. The first-order chi connectivity index (χ1) is 10.1. The van der Waals surface area contributed by atoms with Gasteiger partial charge in [0.2, 0.25) is 0 Å². The lowest BCUT2D eigenvalue weighted by molar-refractivity contribution is 0.807. The van der Waals surface area contributed by atoms with Crippen LogP contribution in [0.25, 0.3) is 11.4 Å². The number of hydrogen-bond acceptors (Lipinski definition) is 1. The predicted octanol–water partition coefficient (Wildman–Crippen LogP) is 5.51. The molecule has 0 N–H and O–H groups in total. The summed E-state index contributed by atoms with van der Waals surface area (Å²) in [7, 11) is 0. The molecule has 0 radical (unpaired) electrons. The second-order valence-corrected chi connectivity index (χ2v) is 6.71. The van der Waals surface area contributed by atoms with Crippen molar-refractivity contribution in [1.82, 2.24) is 9.55 Å². The average Bonchev–Trinajstić information content (AvgIpc) is 2.90. The second-order valence-electron chi connectivity index (χ2n) is 4.62. The van der Waals surface area contributed by atoms with Gasteiger partial charge in [0.15, 0.2) is 0 Å². The Balaban J connectivity index is 1.96. The quantitative estimate of drug-likeness (QED) is 0.503. The molecule has 0 aliphatic rings. The zero-order chi connectivity index (χ0) is 14.8. The fourth-order valence-electron chi connectivity index (χ4n) is 2.16. The average molecular weight is 429 g/mol. The fourth-order valence-corrected chi connectivity index (χ4v) is 3.17. The molecule has 2 aromatic carbocycles. The summed E-state index contributed by atoms with van der Waals surface area (Å²) >= 11 is 14.5. The highest BCUT2D eigenvalue weighted by Crippen LogP contribution is 2.25. The number of halogens is 3. The summed E-state index contributed by atoms with van der Waals surface area (Å²) in [5.74, 6) is 0.930. The SMILES string of the molecule is Clc1ccc(Cn2ccnc2-c2cccc(I)c2)c(Cl)c1. The minimum absolute atomic E-state index is 0.646. The number of nitrogens with zero attached hydrogens (tertiary/aromatic N) is 2. The Hall–Kier alpha value is -1.04. The summed E-state index contributed by atoms with van der Waals surface area (Å²) in [4.78, 5) is 4.46. The van der Waals surface area contributed by atoms with Crippen molar-refractivity contribution >= 4 is 45.8 Å². The van der Waals surface area contributed by atoms with E-state index >= 15 is 0 Å². The Morgan fingerprint density at radius 2 is 1.95 bits per heavy atom. The summed E-state index contributed by atoms with van der Waals surface area (Å²) in [5, 5.41) is 1.32. The first-order valence-electron chi connectivity index (χ1n) is 6.34. The first kappa shape index (κ1) is 14.9. The van der Waals surface area contributed by atoms with Crippen molar-refractivity contribution in [2.24, 2.45) is 0 Å². The van der Waals surface area contributed by atoms with Gasteiger partial charge >= 0.3 is 0 Å². The Morgan fingerprint density at radius 1 is 1.10 bits per heavy atom. The number of aromatic nitrogens is 2. The van der Waals surface area contributed by atoms with Gasteiger partial charge in [-0.2, -0.15) is 0 Å². The van der Waals surface area contributed by atoms with Crippen molar-refractivity contribution in [1.29, 1.82) is 0 Å². The molecule has 0 saturated heterocycles. The molecule has 0 atom stereocenters. The van der Waals surface area contributed by atoms with Crippen LogP contribution in [0.1, 0.15) is 5.56 Å². The zero-order valence-corrected chi connectivity index (χ0v) is 14.6. The Labute approximate surface area is 146 Å². The van der Waals surface area contributed by atoms with Crippen molar-refractivity contribution in [2.45, 2.75) is 6.54 Å². The van der Waals surface area contributed by atoms with Crippen LogP contribution in [0, 0.1) is 3.57 Å². The van der Waals surface area contributed by atoms with Crippen LogP contribution in [-0.2, 0) is 6.54 Å². The van der Waals surface area contributed by atoms with E-state index in [2.05, 4.69) is 50.3 Å². The number of imidazole rings is 1. The lowest BCUT2D eigenvalue weighted by Gasteiger charge is -2.10. The molecule has 0 saturated carbocycles. The zero-order valence-electron chi connectivity index (χ0n) is 10.9. The molecule has 0 amide bonds. The summed E-state index contributed by atoms with van der Waals surface area (Å²) in [6, 6.07) is 13.8. The van der Waals surface area contributed by atoms with Crippen molar-refractivity contribution in [2.75, 3.05) is 0 Å². The Morgan fingerprint density at radius 3 is 2.71 bits per heavy atom. The maximum Gasteiger partial charge on any atom is 0.140 e. The van der Waals surface area contributed by atoms with E-state index in [0.29, 0.717) is 16.6 Å². The minimum atomic E-state index is 0.646. The van der Waals surface area contributed by atoms with Crippen LogP contribution in [0.3, 0.4) is 0 Å². The van der Waals surface area contributed by atoms with Gasteiger partial charge in [-0.1, -0.05) is 41.4 Å². The number of rotatable bonds is 3. The highest BCUT2D eigenvalue weighted by atomic mass is 127. The predicted molar refractivity (Wildman–Crippen MR) is 95.9 cm³/mol. The van der Waals surface area contributed by atoms with Gasteiger partial charge in [-0.25, -0.2) is 4.98 Å². The van der Waals surface area contributed by atoms with Crippen molar-refractivity contribution in [3.63, 3.8) is 0 Å². The van der Waals surface area contributed by atoms with Gasteiger partial charge in [0.05, 0.1) is 6.54 Å². The lowest BCUT2D eigenvalue weighted by atomic mass is 10.2. The molecule has 0 unspecified atom stereocenters. The normalized spacial score (nSPS) is 10.8. The van der Waals surface area contributed by atoms with E-state index in [1.807, 2.05) is 24.4 Å². The van der Waals surface area contributed by atoms with Crippen LogP contribution in [0.5, 0.6) is 0 Å². The van der Waals surface area contributed by atoms with Gasteiger partial charge in [-0.3, -0.25) is 0 Å². The third kappa shape index (κ3) is 3.42. The highest BCUT2D eigenvalue weighted by Gasteiger charge is 2.09. The van der Waals surface area contributed by atoms with E-state index in [-0.39, 0.29) is 0 Å². The molecular weight excluding hydrogens is 418 g/mol. The Kier molecular flexibility index (Phi) is 4.52. The smallest absolute Gasteiger partial charge is 0.140 e. The fraction of sp³-hybridized carbons (Fsp3) is 0.0625. The third-order valence-corrected chi connectivity index (χ3v) is 4.41. The molecule has 0 aliphatic carbocycles. The van der Waals surface area contributed by atoms with Crippen molar-refractivity contribution in [3.05, 3.63) is 74.0 Å². The van der Waals surface area contributed by atoms with Gasteiger partial charge in [-0.05, 0) is 52.4 Å². The molecule has 1 heterocycles. The third-order valence-electron chi connectivity index (χ3n) is 3.15. The van der Waals surface area contributed by atoms with Crippen LogP contribution in [-0.4, -0.2) is 9.55 Å². The summed E-state index contributed by atoms with van der Waals surface area (Å²) in [6.07, 6.45) is 3.76. The summed E-state index contributed by atoms with van der Waals surface area (Å²) in [5.41, 5.74) is 2.11. The monoisotopic (exact) mass is 428 g/mol. The van der Waals surface area contributed by atoms with E-state index in [0.717, 1.165) is 17.0 Å². The standard InChI is InChI=1S/C16H11Cl2IN2/c17-13-5-4-12(15(18)9-13)10-21-7-6-20-16(21)11-2-1-3-14(19)8-11/h1-9H,10H2. The van der Waals surface area contributed by atoms with Crippen LogP contribution < -0.4 is 0 Å². The van der Waals surface area contributed by atoms with Crippen molar-refractivity contribution in [3.8, 4) is 11.4 Å². The van der Waals surface area contributed by atoms with E-state index in [1.165, 1.54) is 3.57 Å². The number of hydrogen-bond donors (Lipinski definition) is 0. The molecule has 0 bridgehead atoms. The molecule has 3 aromatic rings. The largest absolute Gasteiger partial charge is 0.327 e. The topological polar surface area (TPSA) is 17.8 Å². The maximum atomic E-state index is 6.25. The molecule has 2 nitrogen and oxygen atoms in total. The van der Waals surface area contributed by atoms with Gasteiger partial charge in [-0.15, -0.1) is 0 Å². The lowest BCUT2D eigenvalue weighted by Crippen LogP contribution is -2.01. The van der Waals surface area contributed by atoms with Crippen LogP contribution in [0.2, 0.25) is 10.0 Å². The molecule has 0 aliphatic heterocycles. The first-order valence-corrected chi connectivity index (χ1v) is 8.18. The molecule has 3 rings (SSSR count). The van der Waals surface area contributed by atoms with E-state index in [4.69, 9.17) is 23.2 Å². The van der Waals surface area contributed by atoms with Gasteiger partial charge < -0.3 is 4.57 Å². The van der Waals surface area contributed by atoms with Crippen LogP contribution >= 0.6 is 45.8 Å². The molecule has 0 fully saturated rings. The molecule has 21 heavy (non-hydrogen) atoms. The van der Waals surface area contributed by atoms with Gasteiger partial charge in [0, 0.05) is 31.6 Å². The maximum absolute atomic E-state index is 6.25. The van der Waals surface area contributed by atoms with E-state index in [9.17, 15) is 0 Å². The minimum Gasteiger partial charge on any atom is -0.327 e. The number of benzene rings is 2. The molecule has 106 valence electrons. The summed E-state index contributed by atoms with van der Waals surface area (Å²) < 4.78 is 3.27. The van der Waals surface area contributed by atoms with E-state index < -0.39 is 0 Å². The second kappa shape index (κ2) is 6.38. The van der Waals surface area contributed by atoms with Gasteiger partial charge in [0.1, 0.15) is 5.82 Å². The van der Waals surface area contributed by atoms with E-state index in [1.54, 1.807) is 12.3 Å². The van der Waals surface area contributed by atoms with Crippen molar-refractivity contribution < 1.29 is 0 Å². The molecule has 0 spiro atoms. The Bertz CT molecular complexity index is 783.